The number of aryl methyl sites for hydroxylation is 2. The van der Waals surface area contributed by atoms with Crippen LogP contribution < -0.4 is 0 Å². The molecule has 84 valence electrons. The van der Waals surface area contributed by atoms with Crippen LogP contribution in [0, 0.1) is 12.8 Å². The summed E-state index contributed by atoms with van der Waals surface area (Å²) >= 11 is 0. The molecule has 16 heavy (non-hydrogen) atoms. The van der Waals surface area contributed by atoms with Crippen molar-refractivity contribution in [1.29, 1.82) is 0 Å². The van der Waals surface area contributed by atoms with Gasteiger partial charge in [-0.05, 0) is 42.0 Å². The molecule has 0 saturated carbocycles. The lowest BCUT2D eigenvalue weighted by Gasteiger charge is -2.06. The minimum atomic E-state index is 0.786. The quantitative estimate of drug-likeness (QED) is 0.689. The number of rotatable bonds is 3. The standard InChI is InChI=1S/C16H20/c1-12(2)4-6-14-7-9-15-10-13(3)5-8-16(15)11-14/h5,7-12H,4,6H2,1-3H3. The molecular formula is C16H20. The zero-order valence-corrected chi connectivity index (χ0v) is 10.5. The van der Waals surface area contributed by atoms with Crippen molar-refractivity contribution < 1.29 is 0 Å². The second-order valence-corrected chi connectivity index (χ2v) is 5.12. The van der Waals surface area contributed by atoms with Gasteiger partial charge < -0.3 is 0 Å². The largest absolute Gasteiger partial charge is 0.0628 e. The average molecular weight is 212 g/mol. The van der Waals surface area contributed by atoms with Crippen LogP contribution in [0.2, 0.25) is 0 Å². The molecule has 0 bridgehead atoms. The molecule has 0 atom stereocenters. The molecule has 0 aliphatic carbocycles. The number of hydrogen-bond acceptors (Lipinski definition) is 0. The van der Waals surface area contributed by atoms with Crippen molar-refractivity contribution in [2.75, 3.05) is 0 Å². The lowest BCUT2D eigenvalue weighted by Crippen LogP contribution is -1.92. The third-order valence-corrected chi connectivity index (χ3v) is 3.07. The van der Waals surface area contributed by atoms with Crippen LogP contribution in [0.4, 0.5) is 0 Å². The second-order valence-electron chi connectivity index (χ2n) is 5.12. The fraction of sp³-hybridized carbons (Fsp3) is 0.375. The summed E-state index contributed by atoms with van der Waals surface area (Å²) in [5, 5.41) is 2.72. The molecule has 0 heteroatoms. The third kappa shape index (κ3) is 2.63. The molecule has 0 saturated heterocycles. The summed E-state index contributed by atoms with van der Waals surface area (Å²) in [6.07, 6.45) is 2.47. The normalized spacial score (nSPS) is 11.2. The summed E-state index contributed by atoms with van der Waals surface area (Å²) in [4.78, 5) is 0. The van der Waals surface area contributed by atoms with Crippen LogP contribution >= 0.6 is 0 Å². The number of benzene rings is 2. The van der Waals surface area contributed by atoms with Crippen LogP contribution in [0.3, 0.4) is 0 Å². The summed E-state index contributed by atoms with van der Waals surface area (Å²) in [5.41, 5.74) is 2.80. The van der Waals surface area contributed by atoms with Gasteiger partial charge in [0, 0.05) is 0 Å². The molecule has 2 aromatic rings. The van der Waals surface area contributed by atoms with Crippen molar-refractivity contribution in [1.82, 2.24) is 0 Å². The first-order valence-corrected chi connectivity index (χ1v) is 6.14. The molecule has 2 aromatic carbocycles. The zero-order valence-electron chi connectivity index (χ0n) is 10.5. The second kappa shape index (κ2) is 4.69. The van der Waals surface area contributed by atoms with Gasteiger partial charge in [-0.15, -0.1) is 0 Å². The lowest BCUT2D eigenvalue weighted by atomic mass is 9.99. The predicted octanol–water partition coefficient (Wildman–Crippen LogP) is 4.74. The van der Waals surface area contributed by atoms with Crippen LogP contribution in [0.25, 0.3) is 10.8 Å². The summed E-state index contributed by atoms with van der Waals surface area (Å²) in [7, 11) is 0. The Labute approximate surface area is 98.3 Å². The maximum Gasteiger partial charge on any atom is -0.0181 e. The van der Waals surface area contributed by atoms with E-state index < -0.39 is 0 Å². The first-order chi connectivity index (χ1) is 7.65. The molecule has 0 amide bonds. The minimum Gasteiger partial charge on any atom is -0.0628 e. The van der Waals surface area contributed by atoms with E-state index in [1.165, 1.54) is 34.7 Å². The van der Waals surface area contributed by atoms with E-state index in [0.717, 1.165) is 5.92 Å². The van der Waals surface area contributed by atoms with Crippen molar-refractivity contribution in [2.24, 2.45) is 5.92 Å². The molecule has 0 heterocycles. The van der Waals surface area contributed by atoms with Gasteiger partial charge in [0.2, 0.25) is 0 Å². The highest BCUT2D eigenvalue weighted by atomic mass is 14.0. The van der Waals surface area contributed by atoms with Crippen LogP contribution in [0.1, 0.15) is 31.4 Å². The molecule has 0 aromatic heterocycles. The highest BCUT2D eigenvalue weighted by Gasteiger charge is 1.99. The molecule has 0 radical (unpaired) electrons. The van der Waals surface area contributed by atoms with Gasteiger partial charge in [-0.2, -0.15) is 0 Å². The summed E-state index contributed by atoms with van der Waals surface area (Å²) < 4.78 is 0. The molecule has 0 aliphatic rings. The van der Waals surface area contributed by atoms with Gasteiger partial charge in [0.05, 0.1) is 0 Å². The van der Waals surface area contributed by atoms with Gasteiger partial charge >= 0.3 is 0 Å². The fourth-order valence-electron chi connectivity index (χ4n) is 2.03. The molecule has 0 fully saturated rings. The minimum absolute atomic E-state index is 0.786. The van der Waals surface area contributed by atoms with E-state index in [1.807, 2.05) is 0 Å². The Bertz CT molecular complexity index is 480. The smallest absolute Gasteiger partial charge is 0.0181 e. The SMILES string of the molecule is Cc1ccc2cc(CCC(C)C)ccc2c1. The van der Waals surface area contributed by atoms with Gasteiger partial charge in [-0.1, -0.05) is 55.8 Å². The first kappa shape index (κ1) is 11.2. The van der Waals surface area contributed by atoms with Crippen molar-refractivity contribution in [3.05, 3.63) is 47.5 Å². The van der Waals surface area contributed by atoms with Crippen molar-refractivity contribution in [3.63, 3.8) is 0 Å². The monoisotopic (exact) mass is 212 g/mol. The Morgan fingerprint density at radius 2 is 1.62 bits per heavy atom. The van der Waals surface area contributed by atoms with E-state index in [-0.39, 0.29) is 0 Å². The molecule has 0 nitrogen and oxygen atoms in total. The maximum absolute atomic E-state index is 2.33. The van der Waals surface area contributed by atoms with Crippen LogP contribution in [0.15, 0.2) is 36.4 Å². The van der Waals surface area contributed by atoms with Gasteiger partial charge in [0.1, 0.15) is 0 Å². The number of hydrogen-bond donors (Lipinski definition) is 0. The van der Waals surface area contributed by atoms with Crippen molar-refractivity contribution >= 4 is 10.8 Å². The van der Waals surface area contributed by atoms with Crippen molar-refractivity contribution in [2.45, 2.75) is 33.6 Å². The molecule has 0 unspecified atom stereocenters. The summed E-state index contributed by atoms with van der Waals surface area (Å²) in [6, 6.07) is 13.5. The molecule has 2 rings (SSSR count). The Morgan fingerprint density at radius 1 is 0.938 bits per heavy atom. The van der Waals surface area contributed by atoms with E-state index in [4.69, 9.17) is 0 Å². The van der Waals surface area contributed by atoms with Gasteiger partial charge in [0.15, 0.2) is 0 Å². The van der Waals surface area contributed by atoms with E-state index >= 15 is 0 Å². The van der Waals surface area contributed by atoms with E-state index in [1.54, 1.807) is 0 Å². The van der Waals surface area contributed by atoms with E-state index in [0.29, 0.717) is 0 Å². The third-order valence-electron chi connectivity index (χ3n) is 3.07. The predicted molar refractivity (Wildman–Crippen MR) is 71.8 cm³/mol. The van der Waals surface area contributed by atoms with Crippen LogP contribution in [-0.4, -0.2) is 0 Å². The Morgan fingerprint density at radius 3 is 2.38 bits per heavy atom. The summed E-state index contributed by atoms with van der Waals surface area (Å²) in [6.45, 7) is 6.71. The highest BCUT2D eigenvalue weighted by molar-refractivity contribution is 5.83. The van der Waals surface area contributed by atoms with Crippen LogP contribution in [0.5, 0.6) is 0 Å². The maximum atomic E-state index is 2.33. The first-order valence-electron chi connectivity index (χ1n) is 6.14. The Kier molecular flexibility index (Phi) is 3.28. The topological polar surface area (TPSA) is 0 Å². The Balaban J connectivity index is 2.26. The van der Waals surface area contributed by atoms with Crippen molar-refractivity contribution in [3.8, 4) is 0 Å². The molecule has 0 N–H and O–H groups in total. The van der Waals surface area contributed by atoms with Gasteiger partial charge in [0.25, 0.3) is 0 Å². The Hall–Kier alpha value is -1.30. The van der Waals surface area contributed by atoms with Gasteiger partial charge in [-0.25, -0.2) is 0 Å². The number of fused-ring (bicyclic) bond motifs is 1. The molecule has 0 spiro atoms. The lowest BCUT2D eigenvalue weighted by molar-refractivity contribution is 0.587. The average Bonchev–Trinajstić information content (AvgIpc) is 2.26. The summed E-state index contributed by atoms with van der Waals surface area (Å²) in [5.74, 6) is 0.786. The van der Waals surface area contributed by atoms with Crippen LogP contribution in [-0.2, 0) is 6.42 Å². The zero-order chi connectivity index (χ0) is 11.5. The van der Waals surface area contributed by atoms with E-state index in [2.05, 4.69) is 57.2 Å². The van der Waals surface area contributed by atoms with E-state index in [9.17, 15) is 0 Å². The molecule has 0 aliphatic heterocycles. The molecular weight excluding hydrogens is 192 g/mol. The fourth-order valence-corrected chi connectivity index (χ4v) is 2.03. The van der Waals surface area contributed by atoms with Gasteiger partial charge in [-0.3, -0.25) is 0 Å². The highest BCUT2D eigenvalue weighted by Crippen LogP contribution is 2.19.